The third kappa shape index (κ3) is 6.24. The van der Waals surface area contributed by atoms with Crippen molar-refractivity contribution >= 4 is 45.4 Å². The molecule has 0 fully saturated rings. The fraction of sp³-hybridized carbons (Fsp3) is 0.150. The predicted molar refractivity (Wildman–Crippen MR) is 115 cm³/mol. The highest BCUT2D eigenvalue weighted by Crippen LogP contribution is 2.14. The number of benzene rings is 2. The molecule has 2 aromatic carbocycles. The van der Waals surface area contributed by atoms with Gasteiger partial charge >= 0.3 is 5.97 Å². The first-order chi connectivity index (χ1) is 14.4. The number of carbonyl (C=O) groups excluding carboxylic acids is 2. The Bertz CT molecular complexity index is 1040. The molecule has 0 aliphatic heterocycles. The lowest BCUT2D eigenvalue weighted by atomic mass is 10.2. The molecular weight excluding hydrogens is 452 g/mol. The van der Waals surface area contributed by atoms with Gasteiger partial charge in [-0.2, -0.15) is 15.0 Å². The molecule has 4 N–H and O–H groups in total. The molecule has 0 radical (unpaired) electrons. The second kappa shape index (κ2) is 9.79. The number of nitrogens with one attached hydrogen (secondary N) is 2. The van der Waals surface area contributed by atoms with E-state index in [0.717, 1.165) is 15.7 Å². The summed E-state index contributed by atoms with van der Waals surface area (Å²) in [4.78, 5) is 36.1. The minimum Gasteiger partial charge on any atom is -0.456 e. The van der Waals surface area contributed by atoms with Gasteiger partial charge in [0.25, 0.3) is 5.91 Å². The maximum atomic E-state index is 12.0. The van der Waals surface area contributed by atoms with E-state index in [4.69, 9.17) is 10.5 Å². The molecular formula is C20H19BrN6O3. The van der Waals surface area contributed by atoms with Gasteiger partial charge in [-0.1, -0.05) is 33.6 Å². The molecule has 0 saturated heterocycles. The molecule has 10 heteroatoms. The largest absolute Gasteiger partial charge is 0.456 e. The lowest BCUT2D eigenvalue weighted by Crippen LogP contribution is -2.30. The van der Waals surface area contributed by atoms with Crippen LogP contribution in [0, 0.1) is 6.92 Å². The third-order valence-corrected chi connectivity index (χ3v) is 4.40. The van der Waals surface area contributed by atoms with Crippen molar-refractivity contribution in [2.75, 3.05) is 17.6 Å². The Morgan fingerprint density at radius 1 is 1.03 bits per heavy atom. The number of nitrogen functional groups attached to an aromatic ring is 1. The minimum atomic E-state index is -0.632. The van der Waals surface area contributed by atoms with E-state index >= 15 is 0 Å². The SMILES string of the molecule is Cc1ccc(Nc2nc(N)nc(COC(=O)CNC(=O)c3ccc(Br)cc3)n2)cc1. The normalized spacial score (nSPS) is 10.3. The molecule has 0 spiro atoms. The van der Waals surface area contributed by atoms with E-state index in [1.165, 1.54) is 0 Å². The van der Waals surface area contributed by atoms with Crippen LogP contribution >= 0.6 is 15.9 Å². The highest BCUT2D eigenvalue weighted by molar-refractivity contribution is 9.10. The number of aryl methyl sites for hydroxylation is 1. The number of hydrogen-bond acceptors (Lipinski definition) is 8. The summed E-state index contributed by atoms with van der Waals surface area (Å²) in [5, 5.41) is 5.51. The highest BCUT2D eigenvalue weighted by Gasteiger charge is 2.11. The maximum absolute atomic E-state index is 12.0. The number of anilines is 3. The number of carbonyl (C=O) groups is 2. The number of esters is 1. The molecule has 3 aromatic rings. The van der Waals surface area contributed by atoms with Crippen LogP contribution in [0.15, 0.2) is 53.0 Å². The Morgan fingerprint density at radius 3 is 2.43 bits per heavy atom. The van der Waals surface area contributed by atoms with E-state index in [1.54, 1.807) is 24.3 Å². The van der Waals surface area contributed by atoms with Crippen LogP contribution < -0.4 is 16.4 Å². The fourth-order valence-electron chi connectivity index (χ4n) is 2.38. The van der Waals surface area contributed by atoms with E-state index in [2.05, 4.69) is 41.5 Å². The lowest BCUT2D eigenvalue weighted by molar-refractivity contribution is -0.143. The lowest BCUT2D eigenvalue weighted by Gasteiger charge is -2.09. The van der Waals surface area contributed by atoms with Crippen LogP contribution in [-0.2, 0) is 16.1 Å². The van der Waals surface area contributed by atoms with E-state index in [9.17, 15) is 9.59 Å². The van der Waals surface area contributed by atoms with Crippen LogP contribution in [0.25, 0.3) is 0 Å². The van der Waals surface area contributed by atoms with Gasteiger partial charge in [0, 0.05) is 15.7 Å². The summed E-state index contributed by atoms with van der Waals surface area (Å²) in [7, 11) is 0. The zero-order chi connectivity index (χ0) is 21.5. The van der Waals surface area contributed by atoms with Crippen molar-refractivity contribution in [2.45, 2.75) is 13.5 Å². The third-order valence-electron chi connectivity index (χ3n) is 3.87. The van der Waals surface area contributed by atoms with Crippen molar-refractivity contribution in [3.8, 4) is 0 Å². The zero-order valence-electron chi connectivity index (χ0n) is 16.1. The quantitative estimate of drug-likeness (QED) is 0.449. The van der Waals surface area contributed by atoms with Gasteiger partial charge in [-0.05, 0) is 43.3 Å². The predicted octanol–water partition coefficient (Wildman–Crippen LogP) is 2.74. The number of amides is 1. The van der Waals surface area contributed by atoms with E-state index in [1.807, 2.05) is 31.2 Å². The van der Waals surface area contributed by atoms with Crippen molar-refractivity contribution in [2.24, 2.45) is 0 Å². The van der Waals surface area contributed by atoms with Gasteiger partial charge < -0.3 is 21.1 Å². The van der Waals surface area contributed by atoms with Crippen LogP contribution in [0.5, 0.6) is 0 Å². The molecule has 0 bridgehead atoms. The molecule has 1 heterocycles. The van der Waals surface area contributed by atoms with Crippen molar-refractivity contribution in [1.82, 2.24) is 20.3 Å². The van der Waals surface area contributed by atoms with Crippen LogP contribution in [0.3, 0.4) is 0 Å². The monoisotopic (exact) mass is 470 g/mol. The fourth-order valence-corrected chi connectivity index (χ4v) is 2.64. The number of halogens is 1. The molecule has 154 valence electrons. The first kappa shape index (κ1) is 21.2. The van der Waals surface area contributed by atoms with E-state index < -0.39 is 5.97 Å². The van der Waals surface area contributed by atoms with E-state index in [-0.39, 0.29) is 36.8 Å². The number of rotatable bonds is 7. The Morgan fingerprint density at radius 2 is 1.73 bits per heavy atom. The number of nitrogens with zero attached hydrogens (tertiary/aromatic N) is 3. The van der Waals surface area contributed by atoms with Crippen LogP contribution in [0.2, 0.25) is 0 Å². The number of ether oxygens (including phenoxy) is 1. The molecule has 30 heavy (non-hydrogen) atoms. The highest BCUT2D eigenvalue weighted by atomic mass is 79.9. The standard InChI is InChI=1S/C20H19BrN6O3/c1-12-2-8-15(9-3-12)24-20-26-16(25-19(22)27-20)11-30-17(28)10-23-18(29)13-4-6-14(21)7-5-13/h2-9H,10-11H2,1H3,(H,23,29)(H3,22,24,25,26,27). The summed E-state index contributed by atoms with van der Waals surface area (Å²) in [5.41, 5.74) is 8.05. The van der Waals surface area contributed by atoms with Gasteiger partial charge in [0.1, 0.15) is 6.54 Å². The molecule has 3 rings (SSSR count). The number of aromatic nitrogens is 3. The average Bonchev–Trinajstić information content (AvgIpc) is 2.72. The molecule has 1 amide bonds. The maximum Gasteiger partial charge on any atom is 0.325 e. The van der Waals surface area contributed by atoms with Crippen LogP contribution in [0.1, 0.15) is 21.7 Å². The topological polar surface area (TPSA) is 132 Å². The van der Waals surface area contributed by atoms with E-state index in [0.29, 0.717) is 5.56 Å². The molecule has 1 aromatic heterocycles. The summed E-state index contributed by atoms with van der Waals surface area (Å²) in [6.07, 6.45) is 0. The van der Waals surface area contributed by atoms with Crippen LogP contribution in [0.4, 0.5) is 17.6 Å². The van der Waals surface area contributed by atoms with Gasteiger partial charge in [0.2, 0.25) is 11.9 Å². The summed E-state index contributed by atoms with van der Waals surface area (Å²) >= 11 is 3.30. The molecule has 9 nitrogen and oxygen atoms in total. The molecule has 0 unspecified atom stereocenters. The van der Waals surface area contributed by atoms with Gasteiger partial charge in [-0.25, -0.2) is 0 Å². The Balaban J connectivity index is 1.52. The van der Waals surface area contributed by atoms with Gasteiger partial charge in [0.05, 0.1) is 0 Å². The van der Waals surface area contributed by atoms with Gasteiger partial charge in [0.15, 0.2) is 12.4 Å². The number of nitrogens with two attached hydrogens (primary N) is 1. The number of hydrogen-bond donors (Lipinski definition) is 3. The van der Waals surface area contributed by atoms with Crippen LogP contribution in [-0.4, -0.2) is 33.4 Å². The Labute approximate surface area is 181 Å². The van der Waals surface area contributed by atoms with Gasteiger partial charge in [-0.3, -0.25) is 9.59 Å². The second-order valence-electron chi connectivity index (χ2n) is 6.27. The molecule has 0 aliphatic rings. The van der Waals surface area contributed by atoms with Gasteiger partial charge in [-0.15, -0.1) is 0 Å². The summed E-state index contributed by atoms with van der Waals surface area (Å²) < 4.78 is 5.97. The van der Waals surface area contributed by atoms with Crippen molar-refractivity contribution in [3.63, 3.8) is 0 Å². The molecule has 0 aliphatic carbocycles. The zero-order valence-corrected chi connectivity index (χ0v) is 17.6. The summed E-state index contributed by atoms with van der Waals surface area (Å²) in [5.74, 6) is -0.597. The van der Waals surface area contributed by atoms with Crippen molar-refractivity contribution in [1.29, 1.82) is 0 Å². The van der Waals surface area contributed by atoms with Crippen molar-refractivity contribution in [3.05, 3.63) is 70.0 Å². The Kier molecular flexibility index (Phi) is 6.91. The second-order valence-corrected chi connectivity index (χ2v) is 7.19. The summed E-state index contributed by atoms with van der Waals surface area (Å²) in [6.45, 7) is 1.49. The average molecular weight is 471 g/mol. The minimum absolute atomic E-state index is 0.00537. The first-order valence-corrected chi connectivity index (χ1v) is 9.72. The summed E-state index contributed by atoms with van der Waals surface area (Å²) in [6, 6.07) is 14.4. The first-order valence-electron chi connectivity index (χ1n) is 8.92. The molecule has 0 saturated carbocycles. The smallest absolute Gasteiger partial charge is 0.325 e. The molecule has 0 atom stereocenters. The Hall–Kier alpha value is -3.53. The van der Waals surface area contributed by atoms with Crippen molar-refractivity contribution < 1.29 is 14.3 Å².